The number of nitrogens with one attached hydrogen (secondary N) is 1. The van der Waals surface area contributed by atoms with Gasteiger partial charge in [-0.1, -0.05) is 60.7 Å². The Labute approximate surface area is 167 Å². The van der Waals surface area contributed by atoms with Gasteiger partial charge < -0.3 is 19.5 Å². The average Bonchev–Trinajstić information content (AvgIpc) is 2.77. The van der Waals surface area contributed by atoms with E-state index in [4.69, 9.17) is 14.2 Å². The zero-order valence-corrected chi connectivity index (χ0v) is 16.6. The van der Waals surface area contributed by atoms with E-state index < -0.39 is 0 Å². The molecule has 0 amide bonds. The molecule has 4 heteroatoms. The summed E-state index contributed by atoms with van der Waals surface area (Å²) in [5, 5.41) is 3.69. The molecule has 0 aromatic heterocycles. The van der Waals surface area contributed by atoms with Gasteiger partial charge >= 0.3 is 0 Å². The van der Waals surface area contributed by atoms with Crippen molar-refractivity contribution in [3.63, 3.8) is 0 Å². The first kappa shape index (κ1) is 19.8. The van der Waals surface area contributed by atoms with Crippen molar-refractivity contribution in [3.05, 3.63) is 89.5 Å². The minimum absolute atomic E-state index is 0.182. The van der Waals surface area contributed by atoms with Crippen LogP contribution >= 0.6 is 0 Å². The van der Waals surface area contributed by atoms with Crippen LogP contribution in [0.3, 0.4) is 0 Å². The Kier molecular flexibility index (Phi) is 6.93. The largest absolute Gasteiger partial charge is 0.496 e. The zero-order chi connectivity index (χ0) is 19.8. The molecule has 0 saturated carbocycles. The molecule has 0 aliphatic carbocycles. The first-order chi connectivity index (χ1) is 13.7. The maximum atomic E-state index is 5.57. The van der Waals surface area contributed by atoms with Crippen LogP contribution in [0.5, 0.6) is 17.2 Å². The summed E-state index contributed by atoms with van der Waals surface area (Å²) in [6.45, 7) is 0.649. The van der Waals surface area contributed by atoms with E-state index in [-0.39, 0.29) is 6.04 Å². The molecule has 0 unspecified atom stereocenters. The molecule has 146 valence electrons. The lowest BCUT2D eigenvalue weighted by atomic mass is 9.98. The maximum absolute atomic E-state index is 5.57. The summed E-state index contributed by atoms with van der Waals surface area (Å²) in [5.74, 6) is 2.13. The quantitative estimate of drug-likeness (QED) is 0.582. The summed E-state index contributed by atoms with van der Waals surface area (Å²) in [7, 11) is 4.94. The molecule has 0 spiro atoms. The van der Waals surface area contributed by atoms with Crippen LogP contribution in [0.15, 0.2) is 72.8 Å². The van der Waals surface area contributed by atoms with Gasteiger partial charge in [0.2, 0.25) is 0 Å². The predicted octanol–water partition coefficient (Wildman–Crippen LogP) is 4.79. The highest BCUT2D eigenvalue weighted by molar-refractivity contribution is 5.50. The van der Waals surface area contributed by atoms with E-state index in [0.29, 0.717) is 18.0 Å². The molecule has 4 nitrogen and oxygen atoms in total. The van der Waals surface area contributed by atoms with Crippen LogP contribution in [0.2, 0.25) is 0 Å². The van der Waals surface area contributed by atoms with Crippen LogP contribution in [-0.4, -0.2) is 21.3 Å². The van der Waals surface area contributed by atoms with Crippen LogP contribution in [0, 0.1) is 0 Å². The molecule has 0 fully saturated rings. The smallest absolute Gasteiger partial charge is 0.164 e. The van der Waals surface area contributed by atoms with Gasteiger partial charge in [-0.25, -0.2) is 0 Å². The number of rotatable bonds is 9. The molecule has 0 aliphatic rings. The number of hydrogen-bond donors (Lipinski definition) is 1. The second-order valence-electron chi connectivity index (χ2n) is 6.55. The molecule has 0 heterocycles. The molecule has 3 aromatic carbocycles. The van der Waals surface area contributed by atoms with Gasteiger partial charge in [0.1, 0.15) is 5.75 Å². The number of hydrogen-bond acceptors (Lipinski definition) is 4. The standard InChI is InChI=1S/C24H27NO3/c1-26-22-16-24(28-3)23(27-2)15-20(22)17-25-21(19-12-8-5-9-13-19)14-18-10-6-4-7-11-18/h4-13,15-16,21,25H,14,17H2,1-3H3/t21-/m1/s1. The van der Waals surface area contributed by atoms with Crippen molar-refractivity contribution < 1.29 is 14.2 Å². The second-order valence-corrected chi connectivity index (χ2v) is 6.55. The van der Waals surface area contributed by atoms with E-state index in [1.54, 1.807) is 21.3 Å². The molecular formula is C24H27NO3. The van der Waals surface area contributed by atoms with Crippen molar-refractivity contribution in [1.29, 1.82) is 0 Å². The third kappa shape index (κ3) is 4.84. The van der Waals surface area contributed by atoms with Gasteiger partial charge in [-0.05, 0) is 23.6 Å². The van der Waals surface area contributed by atoms with Crippen LogP contribution < -0.4 is 19.5 Å². The van der Waals surface area contributed by atoms with Gasteiger partial charge in [-0.15, -0.1) is 0 Å². The molecule has 3 aromatic rings. The summed E-state index contributed by atoms with van der Waals surface area (Å²) >= 11 is 0. The van der Waals surface area contributed by atoms with Crippen molar-refractivity contribution in [3.8, 4) is 17.2 Å². The van der Waals surface area contributed by atoms with E-state index >= 15 is 0 Å². The monoisotopic (exact) mass is 377 g/mol. The molecule has 0 bridgehead atoms. The summed E-state index contributed by atoms with van der Waals surface area (Å²) in [5.41, 5.74) is 3.57. The van der Waals surface area contributed by atoms with E-state index in [1.165, 1.54) is 11.1 Å². The lowest BCUT2D eigenvalue weighted by Crippen LogP contribution is -2.23. The number of methoxy groups -OCH3 is 3. The molecule has 0 saturated heterocycles. The Balaban J connectivity index is 1.83. The molecule has 3 rings (SSSR count). The van der Waals surface area contributed by atoms with Gasteiger partial charge in [-0.2, -0.15) is 0 Å². The third-order valence-corrected chi connectivity index (χ3v) is 4.81. The predicted molar refractivity (Wildman–Crippen MR) is 112 cm³/mol. The van der Waals surface area contributed by atoms with Gasteiger partial charge in [0.15, 0.2) is 11.5 Å². The van der Waals surface area contributed by atoms with Crippen molar-refractivity contribution in [2.45, 2.75) is 19.0 Å². The summed E-state index contributed by atoms with van der Waals surface area (Å²) in [4.78, 5) is 0. The Morgan fingerprint density at radius 3 is 1.89 bits per heavy atom. The fourth-order valence-corrected chi connectivity index (χ4v) is 3.31. The Morgan fingerprint density at radius 1 is 0.714 bits per heavy atom. The van der Waals surface area contributed by atoms with E-state index in [1.807, 2.05) is 24.3 Å². The highest BCUT2D eigenvalue weighted by atomic mass is 16.5. The van der Waals surface area contributed by atoms with Gasteiger partial charge in [0, 0.05) is 24.2 Å². The first-order valence-corrected chi connectivity index (χ1v) is 9.36. The minimum atomic E-state index is 0.182. The van der Waals surface area contributed by atoms with Gasteiger partial charge in [-0.3, -0.25) is 0 Å². The fourth-order valence-electron chi connectivity index (χ4n) is 3.31. The second kappa shape index (κ2) is 9.81. The summed E-state index contributed by atoms with van der Waals surface area (Å²) in [6.07, 6.45) is 0.903. The van der Waals surface area contributed by atoms with Gasteiger partial charge in [0.25, 0.3) is 0 Å². The minimum Gasteiger partial charge on any atom is -0.496 e. The van der Waals surface area contributed by atoms with Crippen molar-refractivity contribution >= 4 is 0 Å². The molecule has 28 heavy (non-hydrogen) atoms. The SMILES string of the molecule is COc1cc(OC)c(OC)cc1CN[C@H](Cc1ccccc1)c1ccccc1. The highest BCUT2D eigenvalue weighted by Crippen LogP contribution is 2.35. The number of ether oxygens (including phenoxy) is 3. The molecule has 1 atom stereocenters. The lowest BCUT2D eigenvalue weighted by molar-refractivity contribution is 0.346. The normalized spacial score (nSPS) is 11.7. The van der Waals surface area contributed by atoms with Crippen molar-refractivity contribution in [1.82, 2.24) is 5.32 Å². The van der Waals surface area contributed by atoms with Crippen LogP contribution in [0.25, 0.3) is 0 Å². The van der Waals surface area contributed by atoms with Crippen molar-refractivity contribution in [2.24, 2.45) is 0 Å². The van der Waals surface area contributed by atoms with Crippen LogP contribution in [0.1, 0.15) is 22.7 Å². The Morgan fingerprint density at radius 2 is 1.29 bits per heavy atom. The first-order valence-electron chi connectivity index (χ1n) is 9.36. The Bertz CT molecular complexity index is 866. The van der Waals surface area contributed by atoms with E-state index in [2.05, 4.69) is 53.8 Å². The molecule has 0 aliphatic heterocycles. The molecular weight excluding hydrogens is 350 g/mol. The average molecular weight is 377 g/mol. The third-order valence-electron chi connectivity index (χ3n) is 4.81. The van der Waals surface area contributed by atoms with Crippen molar-refractivity contribution in [2.75, 3.05) is 21.3 Å². The Hall–Kier alpha value is -2.98. The molecule has 0 radical (unpaired) electrons. The van der Waals surface area contributed by atoms with Gasteiger partial charge in [0.05, 0.1) is 21.3 Å². The van der Waals surface area contributed by atoms with E-state index in [0.717, 1.165) is 17.7 Å². The summed E-state index contributed by atoms with van der Waals surface area (Å²) in [6, 6.07) is 25.0. The highest BCUT2D eigenvalue weighted by Gasteiger charge is 2.15. The zero-order valence-electron chi connectivity index (χ0n) is 16.6. The van der Waals surface area contributed by atoms with E-state index in [9.17, 15) is 0 Å². The van der Waals surface area contributed by atoms with Crippen LogP contribution in [-0.2, 0) is 13.0 Å². The number of benzene rings is 3. The topological polar surface area (TPSA) is 39.7 Å². The maximum Gasteiger partial charge on any atom is 0.164 e. The lowest BCUT2D eigenvalue weighted by Gasteiger charge is -2.21. The van der Waals surface area contributed by atoms with Crippen LogP contribution in [0.4, 0.5) is 0 Å². The molecule has 1 N–H and O–H groups in total. The summed E-state index contributed by atoms with van der Waals surface area (Å²) < 4.78 is 16.4. The fraction of sp³-hybridized carbons (Fsp3) is 0.250.